The second-order valence-electron chi connectivity index (χ2n) is 6.04. The Labute approximate surface area is 164 Å². The summed E-state index contributed by atoms with van der Waals surface area (Å²) in [4.78, 5) is 36.2. The van der Waals surface area contributed by atoms with E-state index in [1.807, 2.05) is 0 Å². The van der Waals surface area contributed by atoms with Crippen LogP contribution in [-0.4, -0.2) is 30.0 Å². The minimum absolute atomic E-state index is 0.0936. The van der Waals surface area contributed by atoms with Gasteiger partial charge in [0.05, 0.1) is 17.8 Å². The van der Waals surface area contributed by atoms with Crippen LogP contribution in [0.1, 0.15) is 13.3 Å². The van der Waals surface area contributed by atoms with E-state index in [1.54, 1.807) is 24.3 Å². The number of fused-ring (bicyclic) bond motifs is 1. The first-order valence-electron chi connectivity index (χ1n) is 8.35. The first-order valence-corrected chi connectivity index (χ1v) is 8.73. The van der Waals surface area contributed by atoms with Gasteiger partial charge in [-0.05, 0) is 37.3 Å². The highest BCUT2D eigenvalue weighted by molar-refractivity contribution is 6.30. The number of ether oxygens (including phenoxy) is 2. The minimum Gasteiger partial charge on any atom is -0.478 e. The number of nitrogens with one attached hydrogen (secondary N) is 2. The average Bonchev–Trinajstić information content (AvgIpc) is 2.64. The summed E-state index contributed by atoms with van der Waals surface area (Å²) >= 11 is 5.65. The van der Waals surface area contributed by atoms with Gasteiger partial charge in [0, 0.05) is 5.02 Å². The number of amides is 2. The number of esters is 1. The Morgan fingerprint density at radius 3 is 2.82 bits per heavy atom. The van der Waals surface area contributed by atoms with Gasteiger partial charge in [0.2, 0.25) is 0 Å². The Hall–Kier alpha value is -3.13. The molecule has 2 atom stereocenters. The average molecular weight is 407 g/mol. The zero-order valence-electron chi connectivity index (χ0n) is 14.7. The Kier molecular flexibility index (Phi) is 5.79. The Morgan fingerprint density at radius 1 is 1.32 bits per heavy atom. The molecular weight excluding hydrogens is 391 g/mol. The van der Waals surface area contributed by atoms with Crippen molar-refractivity contribution >= 4 is 40.8 Å². The van der Waals surface area contributed by atoms with E-state index in [0.717, 1.165) is 6.07 Å². The molecule has 0 bridgehead atoms. The summed E-state index contributed by atoms with van der Waals surface area (Å²) in [6.45, 7) is 1.33. The van der Waals surface area contributed by atoms with Crippen LogP contribution in [0.2, 0.25) is 5.02 Å². The molecule has 1 aliphatic rings. The van der Waals surface area contributed by atoms with Crippen LogP contribution in [0.25, 0.3) is 0 Å². The highest BCUT2D eigenvalue weighted by atomic mass is 35.5. The molecule has 146 valence electrons. The third kappa shape index (κ3) is 4.58. The maximum absolute atomic E-state index is 13.7. The lowest BCUT2D eigenvalue weighted by Crippen LogP contribution is -2.40. The largest absolute Gasteiger partial charge is 0.478 e. The van der Waals surface area contributed by atoms with Crippen molar-refractivity contribution in [2.45, 2.75) is 25.6 Å². The van der Waals surface area contributed by atoms with Gasteiger partial charge < -0.3 is 20.1 Å². The molecule has 0 spiro atoms. The molecule has 2 aromatic rings. The molecular formula is C19H16ClFN2O5. The van der Waals surface area contributed by atoms with E-state index >= 15 is 0 Å². The Bertz CT molecular complexity index is 936. The maximum atomic E-state index is 13.7. The number of anilines is 2. The zero-order valence-corrected chi connectivity index (χ0v) is 15.5. The van der Waals surface area contributed by atoms with E-state index in [2.05, 4.69) is 10.6 Å². The summed E-state index contributed by atoms with van der Waals surface area (Å²) in [7, 11) is 0. The summed E-state index contributed by atoms with van der Waals surface area (Å²) in [6.07, 6.45) is -2.67. The molecule has 3 rings (SSSR count). The summed E-state index contributed by atoms with van der Waals surface area (Å²) in [5.41, 5.74) is 0.416. The maximum Gasteiger partial charge on any atom is 0.310 e. The van der Waals surface area contributed by atoms with Crippen molar-refractivity contribution in [2.24, 2.45) is 0 Å². The van der Waals surface area contributed by atoms with Crippen LogP contribution in [0.4, 0.5) is 15.8 Å². The van der Waals surface area contributed by atoms with Crippen LogP contribution in [0.3, 0.4) is 0 Å². The van der Waals surface area contributed by atoms with Crippen molar-refractivity contribution in [1.82, 2.24) is 0 Å². The first kappa shape index (κ1) is 19.6. The number of hydrogen-bond acceptors (Lipinski definition) is 5. The number of carbonyl (C=O) groups is 3. The van der Waals surface area contributed by atoms with Gasteiger partial charge in [-0.2, -0.15) is 0 Å². The van der Waals surface area contributed by atoms with Crippen LogP contribution < -0.4 is 15.4 Å². The topological polar surface area (TPSA) is 93.7 Å². The fraction of sp³-hybridized carbons (Fsp3) is 0.211. The number of benzene rings is 2. The second kappa shape index (κ2) is 8.26. The van der Waals surface area contributed by atoms with Gasteiger partial charge in [0.15, 0.2) is 12.2 Å². The predicted molar refractivity (Wildman–Crippen MR) is 99.7 cm³/mol. The zero-order chi connectivity index (χ0) is 20.3. The van der Waals surface area contributed by atoms with E-state index in [1.165, 1.54) is 19.1 Å². The molecule has 0 aromatic heterocycles. The molecule has 7 nitrogen and oxygen atoms in total. The second-order valence-corrected chi connectivity index (χ2v) is 6.48. The van der Waals surface area contributed by atoms with Crippen LogP contribution in [0.15, 0.2) is 42.5 Å². The molecule has 2 aromatic carbocycles. The van der Waals surface area contributed by atoms with Crippen molar-refractivity contribution < 1.29 is 28.2 Å². The van der Waals surface area contributed by atoms with Crippen LogP contribution in [0, 0.1) is 5.82 Å². The molecule has 1 aliphatic heterocycles. The number of hydrogen-bond donors (Lipinski definition) is 2. The molecule has 2 N–H and O–H groups in total. The molecule has 2 amide bonds. The molecule has 0 radical (unpaired) electrons. The third-order valence-corrected chi connectivity index (χ3v) is 4.16. The monoisotopic (exact) mass is 406 g/mol. The Balaban J connectivity index is 1.55. The lowest BCUT2D eigenvalue weighted by atomic mass is 10.1. The van der Waals surface area contributed by atoms with Gasteiger partial charge in [0.1, 0.15) is 11.6 Å². The molecule has 0 unspecified atom stereocenters. The third-order valence-electron chi connectivity index (χ3n) is 3.93. The number of rotatable bonds is 5. The minimum atomic E-state index is -1.21. The van der Waals surface area contributed by atoms with Gasteiger partial charge in [0.25, 0.3) is 11.8 Å². The summed E-state index contributed by atoms with van der Waals surface area (Å²) in [5.74, 6) is -2.31. The number of para-hydroxylation sites is 2. The fourth-order valence-electron chi connectivity index (χ4n) is 2.50. The van der Waals surface area contributed by atoms with Crippen molar-refractivity contribution in [3.8, 4) is 5.75 Å². The van der Waals surface area contributed by atoms with E-state index < -0.39 is 35.8 Å². The van der Waals surface area contributed by atoms with Crippen LogP contribution >= 0.6 is 11.6 Å². The molecule has 0 saturated carbocycles. The fourth-order valence-corrected chi connectivity index (χ4v) is 2.66. The van der Waals surface area contributed by atoms with Crippen molar-refractivity contribution in [1.29, 1.82) is 0 Å². The number of carbonyl (C=O) groups excluding carboxylic acids is 3. The Morgan fingerprint density at radius 2 is 2.07 bits per heavy atom. The summed E-state index contributed by atoms with van der Waals surface area (Å²) < 4.78 is 24.3. The predicted octanol–water partition coefficient (Wildman–Crippen LogP) is 3.14. The van der Waals surface area contributed by atoms with Gasteiger partial charge >= 0.3 is 5.97 Å². The van der Waals surface area contributed by atoms with Gasteiger partial charge in [-0.15, -0.1) is 0 Å². The summed E-state index contributed by atoms with van der Waals surface area (Å²) in [5, 5.41) is 5.12. The van der Waals surface area contributed by atoms with E-state index in [9.17, 15) is 18.8 Å². The molecule has 28 heavy (non-hydrogen) atoms. The van der Waals surface area contributed by atoms with E-state index in [4.69, 9.17) is 21.1 Å². The van der Waals surface area contributed by atoms with Crippen LogP contribution in [0.5, 0.6) is 5.75 Å². The van der Waals surface area contributed by atoms with Crippen molar-refractivity contribution in [3.63, 3.8) is 0 Å². The van der Waals surface area contributed by atoms with Crippen molar-refractivity contribution in [3.05, 3.63) is 53.3 Å². The lowest BCUT2D eigenvalue weighted by Gasteiger charge is -2.25. The van der Waals surface area contributed by atoms with Crippen LogP contribution in [-0.2, 0) is 19.1 Å². The smallest absolute Gasteiger partial charge is 0.310 e. The molecule has 9 heteroatoms. The quantitative estimate of drug-likeness (QED) is 0.744. The van der Waals surface area contributed by atoms with E-state index in [-0.39, 0.29) is 17.1 Å². The van der Waals surface area contributed by atoms with E-state index in [0.29, 0.717) is 11.4 Å². The highest BCUT2D eigenvalue weighted by Crippen LogP contribution is 2.29. The molecule has 0 aliphatic carbocycles. The van der Waals surface area contributed by atoms with Gasteiger partial charge in [-0.3, -0.25) is 14.4 Å². The summed E-state index contributed by atoms with van der Waals surface area (Å²) in [6, 6.07) is 10.5. The SMILES string of the molecule is C[C@@H](OC(=O)C[C@@H]1Oc2ccccc2NC1=O)C(=O)Nc1ccc(Cl)cc1F. The van der Waals surface area contributed by atoms with Gasteiger partial charge in [-0.1, -0.05) is 23.7 Å². The van der Waals surface area contributed by atoms with Crippen molar-refractivity contribution in [2.75, 3.05) is 10.6 Å². The molecule has 0 fully saturated rings. The standard InChI is InChI=1S/C19H16ClFN2O5/c1-10(18(25)22-13-7-6-11(20)8-12(13)21)27-17(24)9-16-19(26)23-14-4-2-3-5-15(14)28-16/h2-8,10,16H,9H2,1H3,(H,22,25)(H,23,26)/t10-,16+/m1/s1. The first-order chi connectivity index (χ1) is 13.3. The van der Waals surface area contributed by atoms with Gasteiger partial charge in [-0.25, -0.2) is 4.39 Å². The highest BCUT2D eigenvalue weighted by Gasteiger charge is 2.31. The normalized spacial score (nSPS) is 16.2. The molecule has 1 heterocycles. The number of halogens is 2. The molecule has 0 saturated heterocycles. The lowest BCUT2D eigenvalue weighted by molar-refractivity contribution is -0.155.